The van der Waals surface area contributed by atoms with Crippen molar-refractivity contribution in [2.24, 2.45) is 0 Å². The number of rotatable bonds is 1. The van der Waals surface area contributed by atoms with Crippen molar-refractivity contribution >= 4 is 27.7 Å². The lowest BCUT2D eigenvalue weighted by Gasteiger charge is -2.19. The van der Waals surface area contributed by atoms with E-state index < -0.39 is 11.7 Å². The van der Waals surface area contributed by atoms with Crippen LogP contribution in [0.2, 0.25) is 0 Å². The van der Waals surface area contributed by atoms with Crippen molar-refractivity contribution in [1.29, 1.82) is 0 Å². The van der Waals surface area contributed by atoms with Gasteiger partial charge in [0.25, 0.3) is 0 Å². The molecule has 0 spiro atoms. The summed E-state index contributed by atoms with van der Waals surface area (Å²) < 4.78 is 6.40. The van der Waals surface area contributed by atoms with Crippen molar-refractivity contribution in [3.05, 3.63) is 22.9 Å². The van der Waals surface area contributed by atoms with E-state index in [1.165, 1.54) is 6.20 Å². The van der Waals surface area contributed by atoms with Crippen LogP contribution in [0.5, 0.6) is 0 Å². The molecule has 88 valence electrons. The molecule has 0 aliphatic rings. The fourth-order valence-corrected chi connectivity index (χ4v) is 1.33. The fourth-order valence-electron chi connectivity index (χ4n) is 0.964. The van der Waals surface area contributed by atoms with E-state index in [0.29, 0.717) is 10.3 Å². The third-order valence-electron chi connectivity index (χ3n) is 1.53. The molecule has 1 aromatic rings. The first-order valence-corrected chi connectivity index (χ1v) is 5.48. The number of pyridine rings is 1. The van der Waals surface area contributed by atoms with E-state index in [2.05, 4.69) is 21.2 Å². The highest BCUT2D eigenvalue weighted by Crippen LogP contribution is 2.13. The van der Waals surface area contributed by atoms with Crippen LogP contribution < -0.4 is 10.0 Å². The summed E-state index contributed by atoms with van der Waals surface area (Å²) in [6, 6.07) is 3.11. The van der Waals surface area contributed by atoms with Gasteiger partial charge in [0.05, 0.1) is 5.69 Å². The number of hydrogen-bond donors (Lipinski definition) is 2. The lowest BCUT2D eigenvalue weighted by molar-refractivity contribution is -0.912. The predicted octanol–water partition coefficient (Wildman–Crippen LogP) is 2.32. The number of carbonyl (C=O) groups excluding carboxylic acids is 1. The van der Waals surface area contributed by atoms with Gasteiger partial charge in [-0.2, -0.15) is 0 Å². The Hall–Kier alpha value is -1.30. The normalized spacial score (nSPS) is 11.0. The first kappa shape index (κ1) is 12.8. The Bertz CT molecular complexity index is 402. The molecule has 0 saturated carbocycles. The van der Waals surface area contributed by atoms with Crippen LogP contribution in [0, 0.1) is 0 Å². The second-order valence-corrected chi connectivity index (χ2v) is 5.02. The lowest BCUT2D eigenvalue weighted by Crippen LogP contribution is -2.31. The van der Waals surface area contributed by atoms with Crippen LogP contribution in [0.25, 0.3) is 0 Å². The monoisotopic (exact) mass is 289 g/mol. The number of aromatic nitrogens is 1. The number of hydrogen-bond acceptors (Lipinski definition) is 3. The Morgan fingerprint density at radius 3 is 2.69 bits per heavy atom. The first-order chi connectivity index (χ1) is 7.28. The summed E-state index contributed by atoms with van der Waals surface area (Å²) in [7, 11) is 0. The summed E-state index contributed by atoms with van der Waals surface area (Å²) >= 11 is 3.12. The highest BCUT2D eigenvalue weighted by molar-refractivity contribution is 9.10. The largest absolute Gasteiger partial charge is 0.444 e. The quantitative estimate of drug-likeness (QED) is 0.474. The van der Waals surface area contributed by atoms with Crippen molar-refractivity contribution < 1.29 is 19.5 Å². The summed E-state index contributed by atoms with van der Waals surface area (Å²) in [6.45, 7) is 5.36. The molecular formula is C10H14BrN2O3+. The van der Waals surface area contributed by atoms with Crippen LogP contribution in [-0.2, 0) is 4.74 Å². The van der Waals surface area contributed by atoms with E-state index >= 15 is 0 Å². The molecule has 0 aliphatic heterocycles. The average molecular weight is 290 g/mol. The van der Waals surface area contributed by atoms with E-state index in [9.17, 15) is 10.0 Å². The molecule has 0 unspecified atom stereocenters. The first-order valence-electron chi connectivity index (χ1n) is 4.68. The smallest absolute Gasteiger partial charge is 0.412 e. The van der Waals surface area contributed by atoms with Crippen LogP contribution in [0.3, 0.4) is 0 Å². The number of halogens is 1. The Morgan fingerprint density at radius 2 is 2.19 bits per heavy atom. The zero-order valence-electron chi connectivity index (χ0n) is 9.32. The molecular weight excluding hydrogens is 276 g/mol. The van der Waals surface area contributed by atoms with Crippen LogP contribution in [-0.4, -0.2) is 16.9 Å². The molecule has 16 heavy (non-hydrogen) atoms. The van der Waals surface area contributed by atoms with Crippen LogP contribution in [0.15, 0.2) is 22.9 Å². The average Bonchev–Trinajstić information content (AvgIpc) is 2.08. The van der Waals surface area contributed by atoms with Crippen LogP contribution in [0.1, 0.15) is 20.8 Å². The summed E-state index contributed by atoms with van der Waals surface area (Å²) in [6.07, 6.45) is 0.867. The fraction of sp³-hybridized carbons (Fsp3) is 0.400. The van der Waals surface area contributed by atoms with E-state index in [1.807, 2.05) is 0 Å². The maximum Gasteiger partial charge on any atom is 0.412 e. The maximum absolute atomic E-state index is 11.4. The molecule has 0 fully saturated rings. The van der Waals surface area contributed by atoms with E-state index in [-0.39, 0.29) is 0 Å². The van der Waals surface area contributed by atoms with Gasteiger partial charge in [-0.3, -0.25) is 10.5 Å². The number of amides is 1. The summed E-state index contributed by atoms with van der Waals surface area (Å²) in [5, 5.41) is 11.7. The second-order valence-electron chi connectivity index (χ2n) is 4.21. The number of carbonyl (C=O) groups is 1. The highest BCUT2D eigenvalue weighted by atomic mass is 79.9. The highest BCUT2D eigenvalue weighted by Gasteiger charge is 2.17. The lowest BCUT2D eigenvalue weighted by atomic mass is 10.2. The van der Waals surface area contributed by atoms with Crippen molar-refractivity contribution in [2.45, 2.75) is 26.4 Å². The Kier molecular flexibility index (Phi) is 3.74. The standard InChI is InChI=1S/C10H13BrN2O3/c1-10(2,3)16-9(14)12-7-4-5-13(15)8(11)6-7/h4-6,15H,1-3H3/p+1. The zero-order chi connectivity index (χ0) is 12.3. The van der Waals surface area contributed by atoms with E-state index in [1.54, 1.807) is 32.9 Å². The molecule has 5 nitrogen and oxygen atoms in total. The van der Waals surface area contributed by atoms with E-state index in [0.717, 1.165) is 4.73 Å². The number of nitrogens with one attached hydrogen (secondary N) is 1. The molecule has 0 bridgehead atoms. The topological polar surface area (TPSA) is 62.4 Å². The SMILES string of the molecule is CC(C)(C)OC(=O)Nc1cc[n+](O)c(Br)c1. The molecule has 0 atom stereocenters. The Morgan fingerprint density at radius 1 is 1.56 bits per heavy atom. The number of anilines is 1. The minimum Gasteiger partial charge on any atom is -0.444 e. The Labute approximate surface area is 102 Å². The predicted molar refractivity (Wildman–Crippen MR) is 61.4 cm³/mol. The summed E-state index contributed by atoms with van der Waals surface area (Å²) in [4.78, 5) is 11.4. The van der Waals surface area contributed by atoms with Crippen LogP contribution in [0.4, 0.5) is 10.5 Å². The molecule has 0 radical (unpaired) electrons. The number of nitrogens with zero attached hydrogens (tertiary/aromatic N) is 1. The maximum atomic E-state index is 11.4. The van der Waals surface area contributed by atoms with Gasteiger partial charge in [0.1, 0.15) is 5.60 Å². The molecule has 0 aromatic carbocycles. The van der Waals surface area contributed by atoms with Gasteiger partial charge in [0.2, 0.25) is 6.20 Å². The molecule has 1 rings (SSSR count). The van der Waals surface area contributed by atoms with Gasteiger partial charge in [0, 0.05) is 32.8 Å². The van der Waals surface area contributed by atoms with E-state index in [4.69, 9.17) is 4.74 Å². The summed E-state index contributed by atoms with van der Waals surface area (Å²) in [5.41, 5.74) is -0.00101. The van der Waals surface area contributed by atoms with Crippen molar-refractivity contribution in [3.8, 4) is 0 Å². The molecule has 1 heterocycles. The Balaban J connectivity index is 2.67. The number of ether oxygens (including phenoxy) is 1. The summed E-state index contributed by atoms with van der Waals surface area (Å²) in [5.74, 6) is 0. The van der Waals surface area contributed by atoms with Gasteiger partial charge in [-0.25, -0.2) is 4.79 Å². The third-order valence-corrected chi connectivity index (χ3v) is 2.13. The van der Waals surface area contributed by atoms with Gasteiger partial charge in [-0.05, 0) is 20.8 Å². The van der Waals surface area contributed by atoms with Gasteiger partial charge < -0.3 is 4.74 Å². The van der Waals surface area contributed by atoms with Gasteiger partial charge in [-0.15, -0.1) is 0 Å². The van der Waals surface area contributed by atoms with Crippen molar-refractivity contribution in [3.63, 3.8) is 0 Å². The van der Waals surface area contributed by atoms with Crippen LogP contribution >= 0.6 is 15.9 Å². The van der Waals surface area contributed by atoms with Gasteiger partial charge in [0.15, 0.2) is 0 Å². The van der Waals surface area contributed by atoms with Gasteiger partial charge in [-0.1, -0.05) is 0 Å². The van der Waals surface area contributed by atoms with Crippen molar-refractivity contribution in [2.75, 3.05) is 5.32 Å². The van der Waals surface area contributed by atoms with Crippen molar-refractivity contribution in [1.82, 2.24) is 0 Å². The second kappa shape index (κ2) is 4.69. The molecule has 6 heteroatoms. The van der Waals surface area contributed by atoms with Gasteiger partial charge >= 0.3 is 10.7 Å². The molecule has 0 aliphatic carbocycles. The molecule has 0 saturated heterocycles. The minimum atomic E-state index is -0.535. The molecule has 2 N–H and O–H groups in total. The minimum absolute atomic E-state index is 0.432. The molecule has 1 amide bonds. The zero-order valence-corrected chi connectivity index (χ0v) is 10.9. The molecule has 1 aromatic heterocycles. The third kappa shape index (κ3) is 4.06.